The van der Waals surface area contributed by atoms with E-state index in [1.807, 2.05) is 65.5 Å². The Morgan fingerprint density at radius 1 is 1.10 bits per heavy atom. The molecule has 0 amide bonds. The maximum absolute atomic E-state index is 13.1. The Labute approximate surface area is 194 Å². The molecule has 0 aromatic carbocycles. The zero-order valence-electron chi connectivity index (χ0n) is 18.0. The Morgan fingerprint density at radius 2 is 1.69 bits per heavy atom. The molecule has 0 saturated heterocycles. The average molecular weight is 506 g/mol. The van der Waals surface area contributed by atoms with Gasteiger partial charge in [-0.1, -0.05) is 0 Å². The van der Waals surface area contributed by atoms with Gasteiger partial charge in [-0.3, -0.25) is 0 Å². The van der Waals surface area contributed by atoms with Gasteiger partial charge in [0.1, 0.15) is 0 Å². The number of carbonyl (C=O) groups is 1. The fourth-order valence-corrected chi connectivity index (χ4v) is 5.64. The van der Waals surface area contributed by atoms with E-state index in [0.717, 1.165) is 28.0 Å². The first-order valence-electron chi connectivity index (χ1n) is 9.80. The number of hydrogen-bond acceptors (Lipinski definition) is 4. The van der Waals surface area contributed by atoms with E-state index >= 15 is 0 Å². The Balaban J connectivity index is 0.00000113. The second kappa shape index (κ2) is 16.7. The van der Waals surface area contributed by atoms with Crippen LogP contribution in [0.1, 0.15) is 40.0 Å². The van der Waals surface area contributed by atoms with Gasteiger partial charge in [0.25, 0.3) is 0 Å². The molecule has 2 aliphatic carbocycles. The van der Waals surface area contributed by atoms with Crippen molar-refractivity contribution in [1.29, 1.82) is 0 Å². The zero-order chi connectivity index (χ0) is 20.9. The maximum Gasteiger partial charge on any atom is 2.00 e. The molecule has 0 heterocycles. The van der Waals surface area contributed by atoms with Gasteiger partial charge in [-0.15, -0.1) is 0 Å². The fraction of sp³-hybridized carbons (Fsp3) is 0.435. The number of carbonyl (C=O) groups excluding carboxylic acids is 1. The summed E-state index contributed by atoms with van der Waals surface area (Å²) in [6.07, 6.45) is 20.0. The molecule has 0 bridgehead atoms. The van der Waals surface area contributed by atoms with Crippen molar-refractivity contribution in [2.45, 2.75) is 46.1 Å². The van der Waals surface area contributed by atoms with E-state index in [2.05, 4.69) is 18.7 Å². The van der Waals surface area contributed by atoms with Crippen molar-refractivity contribution < 1.29 is 30.4 Å². The Kier molecular flexibility index (Phi) is 16.7. The van der Waals surface area contributed by atoms with Crippen LogP contribution in [0.15, 0.2) is 10.5 Å². The minimum absolute atomic E-state index is 0. The van der Waals surface area contributed by atoms with E-state index in [0.29, 0.717) is 13.0 Å². The van der Waals surface area contributed by atoms with Crippen LogP contribution < -0.4 is 0 Å². The van der Waals surface area contributed by atoms with Gasteiger partial charge in [0.15, 0.2) is 0 Å². The molecule has 10 radical (unpaired) electrons. The standard InChI is InChI=1S/C18H28NO3Se.C5H5.Fe/c1-6-8-10-15(13-18(20)22-7-2)23(21)17-12-9-11-16(17)14(3)19(4)5;1-2-4-5-3-1;/h9,11-14H,6-8,10H2,1-5H3;1-5H;/q;;+2/b15-13-;;/t14-,23?;;/m0../s1. The predicted octanol–water partition coefficient (Wildman–Crippen LogP) is 3.91. The molecule has 1 unspecified atom stereocenters. The Bertz CT molecular complexity index is 499. The SMILES string of the molecule is CCCC/C(=C/C(=O)OCC)[Se](=O)[C]1[CH][CH][CH][C]1[C@H](C)N(C)C.[CH]1[CH][CH][CH][CH]1.[Fe+2]. The van der Waals surface area contributed by atoms with Gasteiger partial charge >= 0.3 is 162 Å². The van der Waals surface area contributed by atoms with Crippen LogP contribution in [0.25, 0.3) is 0 Å². The van der Waals surface area contributed by atoms with Crippen molar-refractivity contribution in [2.75, 3.05) is 20.7 Å². The largest absolute Gasteiger partial charge is 2.00 e. The van der Waals surface area contributed by atoms with Crippen LogP contribution in [-0.2, 0) is 30.4 Å². The summed E-state index contributed by atoms with van der Waals surface area (Å²) >= 11 is -2.43. The third-order valence-electron chi connectivity index (χ3n) is 4.37. The second-order valence-corrected chi connectivity index (χ2v) is 9.83. The Hall–Kier alpha value is 0.00896. The molecule has 29 heavy (non-hydrogen) atoms. The molecule has 0 aromatic heterocycles. The van der Waals surface area contributed by atoms with Gasteiger partial charge in [0, 0.05) is 0 Å². The van der Waals surface area contributed by atoms with E-state index in [1.54, 1.807) is 6.92 Å². The number of esters is 1. The maximum atomic E-state index is 13.1. The fourth-order valence-electron chi connectivity index (χ4n) is 2.56. The number of rotatable bonds is 9. The summed E-state index contributed by atoms with van der Waals surface area (Å²) in [4.78, 5) is 14.8. The molecule has 0 N–H and O–H groups in total. The quantitative estimate of drug-likeness (QED) is 0.271. The van der Waals surface area contributed by atoms with Gasteiger partial charge in [0.2, 0.25) is 0 Å². The molecule has 2 saturated carbocycles. The minimum Gasteiger partial charge on any atom is -0.0312 e. The molecule has 4 nitrogen and oxygen atoms in total. The van der Waals surface area contributed by atoms with Crippen molar-refractivity contribution in [3.05, 3.63) is 72.6 Å². The first kappa shape index (κ1) is 29.0. The van der Waals surface area contributed by atoms with Gasteiger partial charge in [-0.25, -0.2) is 0 Å². The molecule has 0 aliphatic heterocycles. The van der Waals surface area contributed by atoms with Crippen molar-refractivity contribution in [1.82, 2.24) is 4.90 Å². The van der Waals surface area contributed by atoms with E-state index in [4.69, 9.17) is 4.74 Å². The molecule has 6 heteroatoms. The van der Waals surface area contributed by atoms with E-state index in [9.17, 15) is 8.63 Å². The van der Waals surface area contributed by atoms with Crippen molar-refractivity contribution in [3.8, 4) is 0 Å². The topological polar surface area (TPSA) is 46.6 Å². The van der Waals surface area contributed by atoms with Crippen LogP contribution in [0.2, 0.25) is 0 Å². The van der Waals surface area contributed by atoms with Gasteiger partial charge in [0.05, 0.1) is 0 Å². The zero-order valence-corrected chi connectivity index (χ0v) is 20.9. The monoisotopic (exact) mass is 507 g/mol. The number of hydrogen-bond donors (Lipinski definition) is 0. The van der Waals surface area contributed by atoms with Crippen LogP contribution in [-0.4, -0.2) is 51.4 Å². The first-order chi connectivity index (χ1) is 13.4. The van der Waals surface area contributed by atoms with Crippen molar-refractivity contribution in [3.63, 3.8) is 0 Å². The van der Waals surface area contributed by atoms with Crippen LogP contribution >= 0.6 is 0 Å². The molecule has 2 fully saturated rings. The summed E-state index contributed by atoms with van der Waals surface area (Å²) in [6, 6.07) is 0.190. The molecule has 0 aromatic rings. The third kappa shape index (κ3) is 10.7. The Morgan fingerprint density at radius 3 is 2.17 bits per heavy atom. The number of ether oxygens (including phenoxy) is 1. The number of unbranched alkanes of at least 4 members (excludes halogenated alkanes) is 1. The second-order valence-electron chi connectivity index (χ2n) is 6.68. The molecule has 0 spiro atoms. The van der Waals surface area contributed by atoms with E-state index in [1.165, 1.54) is 6.08 Å². The minimum atomic E-state index is -2.43. The number of nitrogens with zero attached hydrogens (tertiary/aromatic N) is 1. The van der Waals surface area contributed by atoms with Crippen LogP contribution in [0.5, 0.6) is 0 Å². The molecule has 2 atom stereocenters. The first-order valence-corrected chi connectivity index (χ1v) is 12.2. The van der Waals surface area contributed by atoms with E-state index in [-0.39, 0.29) is 23.1 Å². The smallest absolute Gasteiger partial charge is 0.0312 e. The normalized spacial score (nSPS) is 20.0. The summed E-state index contributed by atoms with van der Waals surface area (Å²) in [5, 5.41) is 0. The van der Waals surface area contributed by atoms with Gasteiger partial charge < -0.3 is 0 Å². The van der Waals surface area contributed by atoms with Gasteiger partial charge in [-0.2, -0.15) is 0 Å². The predicted molar refractivity (Wildman–Crippen MR) is 115 cm³/mol. The summed E-state index contributed by atoms with van der Waals surface area (Å²) in [6.45, 7) is 6.29. The van der Waals surface area contributed by atoms with Gasteiger partial charge in [-0.05, 0) is 32.1 Å². The third-order valence-corrected chi connectivity index (χ3v) is 7.66. The molecule has 160 valence electrons. The summed E-state index contributed by atoms with van der Waals surface area (Å²) in [7, 11) is 4.02. The number of allylic oxidation sites excluding steroid dienone is 1. The van der Waals surface area contributed by atoms with Crippen molar-refractivity contribution in [2.24, 2.45) is 0 Å². The van der Waals surface area contributed by atoms with Crippen LogP contribution in [0, 0.1) is 62.1 Å². The van der Waals surface area contributed by atoms with E-state index < -0.39 is 19.8 Å². The summed E-state index contributed by atoms with van der Waals surface area (Å²) in [5.41, 5.74) is 0. The summed E-state index contributed by atoms with van der Waals surface area (Å²) in [5.74, 6) is 0.693. The molecular formula is C23H33FeNO3Se+2. The molecule has 2 aliphatic rings. The van der Waals surface area contributed by atoms with Crippen molar-refractivity contribution >= 4 is 19.8 Å². The molecule has 2 rings (SSSR count). The average Bonchev–Trinajstić information content (AvgIpc) is 3.38. The summed E-state index contributed by atoms with van der Waals surface area (Å²) < 4.78 is 18.8. The van der Waals surface area contributed by atoms with Crippen LogP contribution in [0.3, 0.4) is 0 Å². The van der Waals surface area contributed by atoms with Crippen LogP contribution in [0.4, 0.5) is 0 Å². The molecular weight excluding hydrogens is 473 g/mol.